The van der Waals surface area contributed by atoms with Gasteiger partial charge >= 0.3 is 18.4 Å². The fraction of sp³-hybridized carbons (Fsp3) is 0.417. The van der Waals surface area contributed by atoms with Gasteiger partial charge in [0, 0.05) is 19.5 Å². The number of carbonyl (C=O) groups is 2. The molecule has 11 heteroatoms. The fourth-order valence-corrected chi connectivity index (χ4v) is 4.35. The second kappa shape index (κ2) is 9.50. The first-order valence-corrected chi connectivity index (χ1v) is 10.7. The minimum absolute atomic E-state index is 0.0283. The van der Waals surface area contributed by atoms with E-state index < -0.39 is 53.3 Å². The topological polar surface area (TPSA) is 40.6 Å². The molecule has 2 aromatic carbocycles. The SMILES string of the molecule is Cc1cc(F)ccc1C1[C@H](C=O)CCN1C(=O)N(C)C(C)c1cc(C(F)(F)F)cc(C(F)(F)F)c1. The van der Waals surface area contributed by atoms with Crippen molar-refractivity contribution in [3.63, 3.8) is 0 Å². The van der Waals surface area contributed by atoms with E-state index in [-0.39, 0.29) is 18.2 Å². The highest BCUT2D eigenvalue weighted by Crippen LogP contribution is 2.41. The first-order valence-electron chi connectivity index (χ1n) is 10.7. The van der Waals surface area contributed by atoms with Crippen LogP contribution in [0.2, 0.25) is 0 Å². The number of nitrogens with zero attached hydrogens (tertiary/aromatic N) is 2. The van der Waals surface area contributed by atoms with Crippen molar-refractivity contribution in [3.05, 3.63) is 70.0 Å². The van der Waals surface area contributed by atoms with Crippen LogP contribution in [0, 0.1) is 18.7 Å². The second-order valence-electron chi connectivity index (χ2n) is 8.64. The summed E-state index contributed by atoms with van der Waals surface area (Å²) in [6.45, 7) is 3.07. The first kappa shape index (κ1) is 26.5. The molecule has 1 heterocycles. The van der Waals surface area contributed by atoms with Gasteiger partial charge in [-0.1, -0.05) is 6.07 Å². The standard InChI is InChI=1S/C24H23F7N2O2/c1-13-8-19(25)4-5-20(13)21-15(12-34)6-7-33(21)22(35)32(3)14(2)16-9-17(23(26,27)28)11-18(10-16)24(29,30)31/h4-5,8-12,14-15,21H,6-7H2,1-3H3/t14?,15-,21?/m0/s1. The maximum absolute atomic E-state index is 13.6. The molecule has 1 aliphatic rings. The number of likely N-dealkylation sites (tertiary alicyclic amines) is 1. The summed E-state index contributed by atoms with van der Waals surface area (Å²) < 4.78 is 93.3. The van der Waals surface area contributed by atoms with E-state index in [9.17, 15) is 40.3 Å². The third kappa shape index (κ3) is 5.43. The third-order valence-corrected chi connectivity index (χ3v) is 6.39. The molecule has 0 bridgehead atoms. The number of alkyl halides is 6. The number of benzene rings is 2. The summed E-state index contributed by atoms with van der Waals surface area (Å²) in [5, 5.41) is 0. The Hall–Kier alpha value is -3.11. The van der Waals surface area contributed by atoms with Crippen LogP contribution in [-0.4, -0.2) is 35.7 Å². The molecular weight excluding hydrogens is 481 g/mol. The molecule has 35 heavy (non-hydrogen) atoms. The number of halogens is 7. The molecule has 3 rings (SSSR count). The van der Waals surface area contributed by atoms with Gasteiger partial charge in [-0.25, -0.2) is 9.18 Å². The third-order valence-electron chi connectivity index (χ3n) is 6.39. The zero-order valence-corrected chi connectivity index (χ0v) is 19.0. The van der Waals surface area contributed by atoms with Gasteiger partial charge in [-0.3, -0.25) is 0 Å². The minimum atomic E-state index is -5.02. The number of hydrogen-bond donors (Lipinski definition) is 0. The number of carbonyl (C=O) groups excluding carboxylic acids is 2. The van der Waals surface area contributed by atoms with Crippen LogP contribution in [0.3, 0.4) is 0 Å². The number of hydrogen-bond acceptors (Lipinski definition) is 2. The van der Waals surface area contributed by atoms with Gasteiger partial charge in [-0.15, -0.1) is 0 Å². The van der Waals surface area contributed by atoms with E-state index in [2.05, 4.69) is 0 Å². The van der Waals surface area contributed by atoms with Crippen LogP contribution in [0.5, 0.6) is 0 Å². The average molecular weight is 504 g/mol. The molecule has 190 valence electrons. The van der Waals surface area contributed by atoms with Gasteiger partial charge in [-0.05, 0) is 67.3 Å². The zero-order chi connectivity index (χ0) is 26.3. The molecule has 2 aromatic rings. The van der Waals surface area contributed by atoms with Crippen molar-refractivity contribution in [1.29, 1.82) is 0 Å². The predicted molar refractivity (Wildman–Crippen MR) is 113 cm³/mol. The summed E-state index contributed by atoms with van der Waals surface area (Å²) in [5.74, 6) is -1.10. The van der Waals surface area contributed by atoms with Gasteiger partial charge in [0.1, 0.15) is 12.1 Å². The number of rotatable bonds is 4. The van der Waals surface area contributed by atoms with E-state index in [4.69, 9.17) is 0 Å². The largest absolute Gasteiger partial charge is 0.416 e. The molecular formula is C24H23F7N2O2. The Bertz CT molecular complexity index is 1080. The quantitative estimate of drug-likeness (QED) is 0.350. The van der Waals surface area contributed by atoms with Crippen molar-refractivity contribution in [2.24, 2.45) is 5.92 Å². The van der Waals surface area contributed by atoms with E-state index in [1.165, 1.54) is 37.1 Å². The van der Waals surface area contributed by atoms with Crippen molar-refractivity contribution >= 4 is 12.3 Å². The van der Waals surface area contributed by atoms with E-state index in [1.807, 2.05) is 0 Å². The first-order chi connectivity index (χ1) is 16.1. The lowest BCUT2D eigenvalue weighted by Gasteiger charge is -2.35. The van der Waals surface area contributed by atoms with Gasteiger partial charge in [0.15, 0.2) is 0 Å². The maximum atomic E-state index is 13.6. The fourth-order valence-electron chi connectivity index (χ4n) is 4.35. The number of aldehydes is 1. The van der Waals surface area contributed by atoms with Crippen LogP contribution >= 0.6 is 0 Å². The molecule has 2 amide bonds. The highest BCUT2D eigenvalue weighted by molar-refractivity contribution is 5.77. The number of urea groups is 1. The summed E-state index contributed by atoms with van der Waals surface area (Å²) in [4.78, 5) is 27.4. The summed E-state index contributed by atoms with van der Waals surface area (Å²) >= 11 is 0. The Kier molecular flexibility index (Phi) is 7.19. The predicted octanol–water partition coefficient (Wildman–Crippen LogP) is 6.55. The molecule has 0 N–H and O–H groups in total. The van der Waals surface area contributed by atoms with Crippen LogP contribution in [0.4, 0.5) is 35.5 Å². The molecule has 1 fully saturated rings. The molecule has 0 aromatic heterocycles. The summed E-state index contributed by atoms with van der Waals surface area (Å²) in [5.41, 5.74) is -2.25. The lowest BCUT2D eigenvalue weighted by Crippen LogP contribution is -2.42. The van der Waals surface area contributed by atoms with Crippen LogP contribution in [0.1, 0.15) is 53.2 Å². The molecule has 0 aliphatic carbocycles. The molecule has 2 unspecified atom stereocenters. The van der Waals surface area contributed by atoms with E-state index in [0.29, 0.717) is 36.0 Å². The maximum Gasteiger partial charge on any atom is 0.416 e. The van der Waals surface area contributed by atoms with Crippen LogP contribution < -0.4 is 0 Å². The van der Waals surface area contributed by atoms with Crippen molar-refractivity contribution in [3.8, 4) is 0 Å². The molecule has 1 saturated heterocycles. The van der Waals surface area contributed by atoms with Gasteiger partial charge in [0.05, 0.1) is 23.2 Å². The Labute approximate surface area is 197 Å². The van der Waals surface area contributed by atoms with Crippen molar-refractivity contribution in [1.82, 2.24) is 9.80 Å². The summed E-state index contributed by atoms with van der Waals surface area (Å²) in [6, 6.07) is 2.53. The zero-order valence-electron chi connectivity index (χ0n) is 19.0. The number of aryl methyl sites for hydroxylation is 1. The van der Waals surface area contributed by atoms with Gasteiger partial charge in [0.2, 0.25) is 0 Å². The average Bonchev–Trinajstić information content (AvgIpc) is 3.19. The Morgan fingerprint density at radius 3 is 2.11 bits per heavy atom. The Morgan fingerprint density at radius 1 is 1.06 bits per heavy atom. The van der Waals surface area contributed by atoms with Crippen molar-refractivity contribution < 1.29 is 40.3 Å². The second-order valence-corrected chi connectivity index (χ2v) is 8.64. The lowest BCUT2D eigenvalue weighted by atomic mass is 9.92. The van der Waals surface area contributed by atoms with Crippen molar-refractivity contribution in [2.45, 2.75) is 44.7 Å². The van der Waals surface area contributed by atoms with Crippen LogP contribution in [-0.2, 0) is 17.1 Å². The number of amides is 2. The van der Waals surface area contributed by atoms with Gasteiger partial charge in [0.25, 0.3) is 0 Å². The highest BCUT2D eigenvalue weighted by Gasteiger charge is 2.41. The molecule has 0 radical (unpaired) electrons. The minimum Gasteiger partial charge on any atom is -0.321 e. The van der Waals surface area contributed by atoms with Crippen LogP contribution in [0.15, 0.2) is 36.4 Å². The van der Waals surface area contributed by atoms with E-state index in [1.54, 1.807) is 6.92 Å². The molecule has 3 atom stereocenters. The Balaban J connectivity index is 1.97. The Morgan fingerprint density at radius 2 is 1.63 bits per heavy atom. The monoisotopic (exact) mass is 504 g/mol. The molecule has 4 nitrogen and oxygen atoms in total. The highest BCUT2D eigenvalue weighted by atomic mass is 19.4. The van der Waals surface area contributed by atoms with E-state index >= 15 is 0 Å². The smallest absolute Gasteiger partial charge is 0.321 e. The molecule has 0 spiro atoms. The van der Waals surface area contributed by atoms with E-state index in [0.717, 1.165) is 4.90 Å². The summed E-state index contributed by atoms with van der Waals surface area (Å²) in [7, 11) is 1.27. The lowest BCUT2D eigenvalue weighted by molar-refractivity contribution is -0.143. The summed E-state index contributed by atoms with van der Waals surface area (Å²) in [6.07, 6.45) is -9.04. The normalized spacial score (nSPS) is 19.5. The molecule has 0 saturated carbocycles. The van der Waals surface area contributed by atoms with Crippen molar-refractivity contribution in [2.75, 3.05) is 13.6 Å². The molecule has 1 aliphatic heterocycles. The van der Waals surface area contributed by atoms with Gasteiger partial charge < -0.3 is 14.6 Å². The van der Waals surface area contributed by atoms with Gasteiger partial charge in [-0.2, -0.15) is 26.3 Å². The van der Waals surface area contributed by atoms with Crippen LogP contribution in [0.25, 0.3) is 0 Å².